The van der Waals surface area contributed by atoms with E-state index in [-0.39, 0.29) is 10.8 Å². The van der Waals surface area contributed by atoms with Crippen LogP contribution in [-0.4, -0.2) is 36.7 Å². The molecule has 3 rings (SSSR count). The third kappa shape index (κ3) is 5.35. The first-order valence-electron chi connectivity index (χ1n) is 7.86. The van der Waals surface area contributed by atoms with E-state index >= 15 is 0 Å². The Kier molecular flexibility index (Phi) is 6.16. The summed E-state index contributed by atoms with van der Waals surface area (Å²) in [5.41, 5.74) is 0.734. The number of esters is 1. The summed E-state index contributed by atoms with van der Waals surface area (Å²) in [5, 5.41) is 2.95. The van der Waals surface area contributed by atoms with Crippen LogP contribution in [0.25, 0.3) is 6.08 Å². The number of pyridine rings is 1. The van der Waals surface area contributed by atoms with Crippen molar-refractivity contribution in [2.45, 2.75) is 0 Å². The van der Waals surface area contributed by atoms with Crippen molar-refractivity contribution >= 4 is 47.0 Å². The van der Waals surface area contributed by atoms with Crippen molar-refractivity contribution in [3.8, 4) is 11.5 Å². The van der Waals surface area contributed by atoms with E-state index in [1.165, 1.54) is 18.3 Å². The largest absolute Gasteiger partial charge is 0.486 e. The zero-order chi connectivity index (χ0) is 19.2. The Morgan fingerprint density at radius 3 is 2.74 bits per heavy atom. The first kappa shape index (κ1) is 19.0. The number of anilines is 1. The van der Waals surface area contributed by atoms with Crippen molar-refractivity contribution in [1.29, 1.82) is 0 Å². The predicted octanol–water partition coefficient (Wildman–Crippen LogP) is 3.35. The summed E-state index contributed by atoms with van der Waals surface area (Å²) >= 11 is 11.6. The maximum Gasteiger partial charge on any atom is 0.331 e. The van der Waals surface area contributed by atoms with Crippen molar-refractivity contribution in [3.05, 3.63) is 52.1 Å². The van der Waals surface area contributed by atoms with Gasteiger partial charge in [-0.3, -0.25) is 4.79 Å². The molecule has 7 nitrogen and oxygen atoms in total. The Labute approximate surface area is 164 Å². The molecule has 1 aliphatic heterocycles. The van der Waals surface area contributed by atoms with Crippen LogP contribution in [0.15, 0.2) is 36.5 Å². The molecular formula is C18H14Cl2N2O5. The standard InChI is InChI=1S/C18H14Cl2N2O5/c19-12-8-13(20)18(21-9-12)22-16(23)10-27-17(24)4-2-11-1-3-14-15(7-11)26-6-5-25-14/h1-4,7-9H,5-6,10H2,(H,21,22,23)/b4-2+. The zero-order valence-electron chi connectivity index (χ0n) is 13.9. The number of hydrogen-bond acceptors (Lipinski definition) is 6. The van der Waals surface area contributed by atoms with Gasteiger partial charge in [0.15, 0.2) is 23.9 Å². The van der Waals surface area contributed by atoms with E-state index < -0.39 is 18.5 Å². The van der Waals surface area contributed by atoms with E-state index in [0.29, 0.717) is 29.7 Å². The Balaban J connectivity index is 1.50. The first-order chi connectivity index (χ1) is 13.0. The molecule has 0 fully saturated rings. The highest BCUT2D eigenvalue weighted by Crippen LogP contribution is 2.31. The fraction of sp³-hybridized carbons (Fsp3) is 0.167. The molecule has 27 heavy (non-hydrogen) atoms. The minimum Gasteiger partial charge on any atom is -0.486 e. The molecule has 1 aromatic carbocycles. The second-order valence-corrected chi connectivity index (χ2v) is 6.22. The molecule has 1 N–H and O–H groups in total. The number of fused-ring (bicyclic) bond motifs is 1. The van der Waals surface area contributed by atoms with Gasteiger partial charge in [-0.05, 0) is 29.8 Å². The van der Waals surface area contributed by atoms with E-state index in [2.05, 4.69) is 10.3 Å². The van der Waals surface area contributed by atoms with Crippen LogP contribution in [0.5, 0.6) is 11.5 Å². The SMILES string of the molecule is O=C(COC(=O)/C=C/c1ccc2c(c1)OCCO2)Nc1ncc(Cl)cc1Cl. The van der Waals surface area contributed by atoms with Crippen LogP contribution in [-0.2, 0) is 14.3 Å². The van der Waals surface area contributed by atoms with Crippen LogP contribution in [0, 0.1) is 0 Å². The van der Waals surface area contributed by atoms with Crippen molar-refractivity contribution in [2.75, 3.05) is 25.1 Å². The zero-order valence-corrected chi connectivity index (χ0v) is 15.4. The predicted molar refractivity (Wildman–Crippen MR) is 100 cm³/mol. The van der Waals surface area contributed by atoms with Gasteiger partial charge in [-0.2, -0.15) is 0 Å². The molecule has 0 radical (unpaired) electrons. The number of nitrogens with zero attached hydrogens (tertiary/aromatic N) is 1. The van der Waals surface area contributed by atoms with E-state index in [1.807, 2.05) is 0 Å². The van der Waals surface area contributed by atoms with Crippen LogP contribution < -0.4 is 14.8 Å². The Bertz CT molecular complexity index is 901. The summed E-state index contributed by atoms with van der Waals surface area (Å²) in [6, 6.07) is 6.72. The second-order valence-electron chi connectivity index (χ2n) is 5.38. The van der Waals surface area contributed by atoms with Crippen molar-refractivity contribution in [3.63, 3.8) is 0 Å². The minimum atomic E-state index is -0.671. The van der Waals surface area contributed by atoms with Crippen molar-refractivity contribution in [2.24, 2.45) is 0 Å². The summed E-state index contributed by atoms with van der Waals surface area (Å²) < 4.78 is 15.8. The Morgan fingerprint density at radius 2 is 1.96 bits per heavy atom. The second kappa shape index (κ2) is 8.75. The highest BCUT2D eigenvalue weighted by Gasteiger charge is 2.12. The van der Waals surface area contributed by atoms with Gasteiger partial charge in [0.2, 0.25) is 0 Å². The van der Waals surface area contributed by atoms with Crippen LogP contribution in [0.3, 0.4) is 0 Å². The fourth-order valence-corrected chi connectivity index (χ4v) is 2.61. The molecule has 2 aromatic rings. The minimum absolute atomic E-state index is 0.133. The molecular weight excluding hydrogens is 395 g/mol. The number of rotatable bonds is 5. The first-order valence-corrected chi connectivity index (χ1v) is 8.62. The van der Waals surface area contributed by atoms with Crippen LogP contribution in [0.1, 0.15) is 5.56 Å². The number of nitrogens with one attached hydrogen (secondary N) is 1. The van der Waals surface area contributed by atoms with Crippen molar-refractivity contribution in [1.82, 2.24) is 4.98 Å². The normalized spacial score (nSPS) is 12.7. The van der Waals surface area contributed by atoms with Gasteiger partial charge in [-0.25, -0.2) is 9.78 Å². The third-order valence-electron chi connectivity index (χ3n) is 3.39. The molecule has 140 valence electrons. The Hall–Kier alpha value is -2.77. The lowest BCUT2D eigenvalue weighted by atomic mass is 10.2. The van der Waals surface area contributed by atoms with Gasteiger partial charge in [0.25, 0.3) is 5.91 Å². The van der Waals surface area contributed by atoms with Gasteiger partial charge in [-0.15, -0.1) is 0 Å². The summed E-state index contributed by atoms with van der Waals surface area (Å²) in [4.78, 5) is 27.5. The molecule has 9 heteroatoms. The highest BCUT2D eigenvalue weighted by atomic mass is 35.5. The number of ether oxygens (including phenoxy) is 3. The van der Waals surface area contributed by atoms with Gasteiger partial charge in [0.05, 0.1) is 10.0 Å². The van der Waals surface area contributed by atoms with E-state index in [1.54, 1.807) is 24.3 Å². The molecule has 0 saturated carbocycles. The molecule has 0 unspecified atom stereocenters. The fourth-order valence-electron chi connectivity index (χ4n) is 2.19. The lowest BCUT2D eigenvalue weighted by Crippen LogP contribution is -2.20. The number of aromatic nitrogens is 1. The molecule has 0 saturated heterocycles. The summed E-state index contributed by atoms with van der Waals surface area (Å²) in [5.74, 6) is 0.160. The molecule has 2 heterocycles. The highest BCUT2D eigenvalue weighted by molar-refractivity contribution is 6.36. The third-order valence-corrected chi connectivity index (χ3v) is 3.88. The molecule has 1 aliphatic rings. The van der Waals surface area contributed by atoms with Crippen LogP contribution >= 0.6 is 23.2 Å². The van der Waals surface area contributed by atoms with Gasteiger partial charge in [-0.1, -0.05) is 29.3 Å². The van der Waals surface area contributed by atoms with E-state index in [4.69, 9.17) is 37.4 Å². The summed E-state index contributed by atoms with van der Waals surface area (Å²) in [6.45, 7) is 0.502. The molecule has 1 aromatic heterocycles. The summed E-state index contributed by atoms with van der Waals surface area (Å²) in [6.07, 6.45) is 4.10. The average molecular weight is 409 g/mol. The lowest BCUT2D eigenvalue weighted by molar-refractivity contribution is -0.142. The number of carbonyl (C=O) groups is 2. The number of benzene rings is 1. The molecule has 0 spiro atoms. The maximum atomic E-state index is 11.8. The molecule has 0 atom stereocenters. The Morgan fingerprint density at radius 1 is 1.19 bits per heavy atom. The van der Waals surface area contributed by atoms with Gasteiger partial charge >= 0.3 is 5.97 Å². The average Bonchev–Trinajstić information content (AvgIpc) is 2.67. The number of amides is 1. The molecule has 1 amide bonds. The maximum absolute atomic E-state index is 11.8. The number of carbonyl (C=O) groups excluding carboxylic acids is 2. The molecule has 0 aliphatic carbocycles. The van der Waals surface area contributed by atoms with Crippen molar-refractivity contribution < 1.29 is 23.8 Å². The van der Waals surface area contributed by atoms with Gasteiger partial charge < -0.3 is 19.5 Å². The summed E-state index contributed by atoms with van der Waals surface area (Å²) in [7, 11) is 0. The lowest BCUT2D eigenvalue weighted by Gasteiger charge is -2.18. The van der Waals surface area contributed by atoms with Gasteiger partial charge in [0, 0.05) is 12.3 Å². The monoisotopic (exact) mass is 408 g/mol. The van der Waals surface area contributed by atoms with Crippen LogP contribution in [0.4, 0.5) is 5.82 Å². The number of halogens is 2. The topological polar surface area (TPSA) is 86.8 Å². The van der Waals surface area contributed by atoms with E-state index in [9.17, 15) is 9.59 Å². The van der Waals surface area contributed by atoms with Gasteiger partial charge in [0.1, 0.15) is 13.2 Å². The van der Waals surface area contributed by atoms with E-state index in [0.717, 1.165) is 5.56 Å². The quantitative estimate of drug-likeness (QED) is 0.602. The van der Waals surface area contributed by atoms with Crippen LogP contribution in [0.2, 0.25) is 10.0 Å². The smallest absolute Gasteiger partial charge is 0.331 e. The number of hydrogen-bond donors (Lipinski definition) is 1. The molecule has 0 bridgehead atoms.